The Morgan fingerprint density at radius 2 is 1.90 bits per heavy atom. The van der Waals surface area contributed by atoms with Crippen molar-refractivity contribution >= 4 is 29.5 Å². The molecule has 31 heavy (non-hydrogen) atoms. The van der Waals surface area contributed by atoms with Crippen LogP contribution in [0.3, 0.4) is 0 Å². The number of rotatable bonds is 5. The quantitative estimate of drug-likeness (QED) is 0.381. The molecule has 0 aromatic carbocycles. The molecular weight excluding hydrogens is 420 g/mol. The van der Waals surface area contributed by atoms with Gasteiger partial charge < -0.3 is 29.8 Å². The molecule has 0 radical (unpaired) electrons. The van der Waals surface area contributed by atoms with Gasteiger partial charge in [-0.25, -0.2) is 4.79 Å². The number of carbonyl (C=O) groups excluding carboxylic acids is 2. The van der Waals surface area contributed by atoms with E-state index in [1.165, 1.54) is 16.7 Å². The number of aliphatic carboxylic acids is 1. The maximum Gasteiger partial charge on any atom is 0.353 e. The highest BCUT2D eigenvalue weighted by atomic mass is 32.2. The Kier molecular flexibility index (Phi) is 5.87. The molecule has 172 valence electrons. The Morgan fingerprint density at radius 1 is 1.26 bits per heavy atom. The number of carboxylic acids is 1. The van der Waals surface area contributed by atoms with Crippen LogP contribution in [0, 0.1) is 11.8 Å². The fraction of sp³-hybridized carbons (Fsp3) is 0.762. The molecule has 0 aromatic heterocycles. The van der Waals surface area contributed by atoms with Crippen molar-refractivity contribution in [3.8, 4) is 0 Å². The van der Waals surface area contributed by atoms with E-state index in [0.29, 0.717) is 15.8 Å². The highest BCUT2D eigenvalue weighted by molar-refractivity contribution is 8.03. The minimum absolute atomic E-state index is 0.0617. The van der Waals surface area contributed by atoms with Crippen LogP contribution in [0.15, 0.2) is 10.6 Å². The van der Waals surface area contributed by atoms with Gasteiger partial charge in [0.05, 0.1) is 44.0 Å². The van der Waals surface area contributed by atoms with Crippen LogP contribution in [-0.2, 0) is 14.4 Å². The van der Waals surface area contributed by atoms with E-state index in [9.17, 15) is 24.6 Å². The van der Waals surface area contributed by atoms with E-state index < -0.39 is 18.0 Å². The van der Waals surface area contributed by atoms with Gasteiger partial charge in [-0.05, 0) is 6.92 Å². The van der Waals surface area contributed by atoms with Crippen molar-refractivity contribution in [2.75, 3.05) is 46.8 Å². The Balaban J connectivity index is 1.53. The van der Waals surface area contributed by atoms with E-state index in [1.54, 1.807) is 6.92 Å². The second-order valence-electron chi connectivity index (χ2n) is 9.80. The number of aliphatic hydroxyl groups excluding tert-OH is 1. The molecule has 3 N–H and O–H groups in total. The van der Waals surface area contributed by atoms with Crippen LogP contribution in [0.25, 0.3) is 0 Å². The molecule has 3 saturated heterocycles. The Bertz CT molecular complexity index is 823. The van der Waals surface area contributed by atoms with Crippen molar-refractivity contribution in [3.63, 3.8) is 0 Å². The van der Waals surface area contributed by atoms with Crippen molar-refractivity contribution < 1.29 is 29.1 Å². The molecule has 0 saturated carbocycles. The molecule has 2 amide bonds. The summed E-state index contributed by atoms with van der Waals surface area (Å²) in [5, 5.41) is 23.2. The highest BCUT2D eigenvalue weighted by Gasteiger charge is 2.60. The summed E-state index contributed by atoms with van der Waals surface area (Å²) < 4.78 is 0.576. The number of fused-ring (bicyclic) bond motifs is 1. The average molecular weight is 454 g/mol. The number of carboxylic acid groups (broad SMARTS) is 1. The number of quaternary nitrogens is 1. The second kappa shape index (κ2) is 8.06. The number of likely N-dealkylation sites (N-methyl/N-ethyl adjacent to an activating group) is 1. The second-order valence-corrected chi connectivity index (χ2v) is 11.1. The summed E-state index contributed by atoms with van der Waals surface area (Å²) in [4.78, 5) is 41.8. The molecule has 0 aliphatic carbocycles. The molecule has 3 fully saturated rings. The lowest BCUT2D eigenvalue weighted by molar-refractivity contribution is -0.893. The maximum absolute atomic E-state index is 13.2. The number of amides is 2. The van der Waals surface area contributed by atoms with Gasteiger partial charge in [-0.1, -0.05) is 6.92 Å². The van der Waals surface area contributed by atoms with Gasteiger partial charge in [0.15, 0.2) is 6.04 Å². The monoisotopic (exact) mass is 453 g/mol. The van der Waals surface area contributed by atoms with E-state index in [1.807, 2.05) is 11.8 Å². The summed E-state index contributed by atoms with van der Waals surface area (Å²) in [5.41, 5.74) is 0.0617. The summed E-state index contributed by atoms with van der Waals surface area (Å²) in [6.07, 6.45) is -0.124. The molecule has 4 heterocycles. The number of hydrogen-bond acceptors (Lipinski definition) is 6. The van der Waals surface area contributed by atoms with Crippen LogP contribution in [0.2, 0.25) is 0 Å². The lowest BCUT2D eigenvalue weighted by atomic mass is 9.79. The first-order valence-electron chi connectivity index (χ1n) is 11.0. The fourth-order valence-corrected chi connectivity index (χ4v) is 7.45. The average Bonchev–Trinajstić information content (AvgIpc) is 3.13. The largest absolute Gasteiger partial charge is 0.477 e. The first-order chi connectivity index (χ1) is 14.5. The molecule has 4 aliphatic rings. The number of thioether (sulfide) groups is 1. The van der Waals surface area contributed by atoms with E-state index in [-0.39, 0.29) is 40.8 Å². The Morgan fingerprint density at radius 3 is 2.48 bits per heavy atom. The molecule has 4 aliphatic heterocycles. The smallest absolute Gasteiger partial charge is 0.353 e. The third kappa shape index (κ3) is 3.67. The van der Waals surface area contributed by atoms with Gasteiger partial charge in [0, 0.05) is 43.4 Å². The van der Waals surface area contributed by atoms with Gasteiger partial charge in [-0.3, -0.25) is 9.59 Å². The zero-order valence-corrected chi connectivity index (χ0v) is 19.4. The molecule has 10 heteroatoms. The normalized spacial score (nSPS) is 35.8. The molecule has 0 spiro atoms. The van der Waals surface area contributed by atoms with Crippen LogP contribution < -0.4 is 5.32 Å². The molecule has 4 rings (SSSR count). The summed E-state index contributed by atoms with van der Waals surface area (Å²) in [5.74, 6) is -1.94. The molecule has 9 nitrogen and oxygen atoms in total. The number of aliphatic hydroxyl groups is 1. The fourth-order valence-electron chi connectivity index (χ4n) is 5.70. The number of carbonyl (C=O) groups is 3. The zero-order chi connectivity index (χ0) is 22.7. The van der Waals surface area contributed by atoms with Crippen LogP contribution in [0.5, 0.6) is 0 Å². The van der Waals surface area contributed by atoms with Crippen molar-refractivity contribution in [3.05, 3.63) is 10.6 Å². The SMILES string of the molecule is C[C@@H](O)[C@H]1C(=O)N2C(C(=O)O)=C(S[C@H]3C[C@@H](C(=O)N4CCNCC4)[N+](C)(C)C3)[C@H](C)[C@H]12. The van der Waals surface area contributed by atoms with Gasteiger partial charge in [0.1, 0.15) is 5.70 Å². The molecule has 0 aromatic rings. The van der Waals surface area contributed by atoms with E-state index in [0.717, 1.165) is 32.7 Å². The van der Waals surface area contributed by atoms with E-state index in [2.05, 4.69) is 19.4 Å². The number of likely N-dealkylation sites (tertiary alicyclic amines) is 1. The van der Waals surface area contributed by atoms with Gasteiger partial charge in [0.2, 0.25) is 5.91 Å². The number of piperazine rings is 1. The number of nitrogens with zero attached hydrogens (tertiary/aromatic N) is 3. The summed E-state index contributed by atoms with van der Waals surface area (Å²) in [6.45, 7) is 7.35. The Hall–Kier alpha value is -1.62. The standard InChI is InChI=1S/C21H32N4O5S/c1-11-16-15(12(2)26)20(28)24(16)17(21(29)30)18(11)31-13-9-14(25(3,4)10-13)19(27)23-7-5-22-6-8-23/h11-16,22,26H,5-10H2,1-4H3/p+1/t11-,12-,13+,14+,15-,16-/m1/s1. The van der Waals surface area contributed by atoms with Crippen molar-refractivity contribution in [2.45, 2.75) is 43.7 Å². The third-order valence-corrected chi connectivity index (χ3v) is 8.82. The van der Waals surface area contributed by atoms with Crippen LogP contribution in [-0.4, -0.2) is 113 Å². The topological polar surface area (TPSA) is 110 Å². The molecule has 0 unspecified atom stereocenters. The number of hydrogen-bond donors (Lipinski definition) is 3. The minimum atomic E-state index is -1.10. The van der Waals surface area contributed by atoms with Crippen LogP contribution in [0.4, 0.5) is 0 Å². The van der Waals surface area contributed by atoms with Crippen LogP contribution >= 0.6 is 11.8 Å². The predicted molar refractivity (Wildman–Crippen MR) is 116 cm³/mol. The number of β-lactam (4-membered cyclic amide) rings is 1. The predicted octanol–water partition coefficient (Wildman–Crippen LogP) is -0.478. The summed E-state index contributed by atoms with van der Waals surface area (Å²) >= 11 is 1.52. The van der Waals surface area contributed by atoms with Gasteiger partial charge in [-0.15, -0.1) is 11.8 Å². The van der Waals surface area contributed by atoms with E-state index in [4.69, 9.17) is 0 Å². The highest BCUT2D eigenvalue weighted by Crippen LogP contribution is 2.52. The van der Waals surface area contributed by atoms with Crippen molar-refractivity contribution in [1.29, 1.82) is 0 Å². The zero-order valence-electron chi connectivity index (χ0n) is 18.6. The third-order valence-electron chi connectivity index (χ3n) is 7.32. The van der Waals surface area contributed by atoms with Crippen molar-refractivity contribution in [1.82, 2.24) is 15.1 Å². The first-order valence-corrected chi connectivity index (χ1v) is 11.9. The van der Waals surface area contributed by atoms with Gasteiger partial charge >= 0.3 is 5.97 Å². The molecule has 6 atom stereocenters. The van der Waals surface area contributed by atoms with Crippen LogP contribution in [0.1, 0.15) is 20.3 Å². The van der Waals surface area contributed by atoms with Gasteiger partial charge in [0.25, 0.3) is 5.91 Å². The summed E-state index contributed by atoms with van der Waals surface area (Å²) in [6, 6.07) is -0.451. The first kappa shape index (κ1) is 22.6. The van der Waals surface area contributed by atoms with E-state index >= 15 is 0 Å². The van der Waals surface area contributed by atoms with Crippen molar-refractivity contribution in [2.24, 2.45) is 11.8 Å². The molecular formula is C21H33N4O5S+. The molecule has 0 bridgehead atoms. The summed E-state index contributed by atoms with van der Waals surface area (Å²) in [7, 11) is 4.13. The lowest BCUT2D eigenvalue weighted by Gasteiger charge is -2.46. The lowest BCUT2D eigenvalue weighted by Crippen LogP contribution is -2.63. The van der Waals surface area contributed by atoms with Gasteiger partial charge in [-0.2, -0.15) is 0 Å². The number of nitrogens with one attached hydrogen (secondary N) is 1. The maximum atomic E-state index is 13.2. The minimum Gasteiger partial charge on any atom is -0.477 e. The Labute approximate surface area is 187 Å².